The Morgan fingerprint density at radius 3 is 2.82 bits per heavy atom. The van der Waals surface area contributed by atoms with Crippen LogP contribution in [0.15, 0.2) is 0 Å². The highest BCUT2D eigenvalue weighted by Gasteiger charge is 2.22. The summed E-state index contributed by atoms with van der Waals surface area (Å²) < 4.78 is 0. The Kier molecular flexibility index (Phi) is 6.34. The van der Waals surface area contributed by atoms with Crippen LogP contribution in [0.5, 0.6) is 0 Å². The molecule has 1 N–H and O–H groups in total. The lowest BCUT2D eigenvalue weighted by Crippen LogP contribution is -2.46. The molecule has 1 fully saturated rings. The molecule has 0 radical (unpaired) electrons. The molecule has 4 heteroatoms. The van der Waals surface area contributed by atoms with Crippen LogP contribution >= 0.6 is 0 Å². The average Bonchev–Trinajstić information content (AvgIpc) is 2.33. The Labute approximate surface area is 105 Å². The molecule has 1 rings (SSSR count). The molecule has 1 heterocycles. The van der Waals surface area contributed by atoms with Gasteiger partial charge in [-0.2, -0.15) is 0 Å². The number of carbonyl (C=O) groups is 1. The van der Waals surface area contributed by atoms with Crippen molar-refractivity contribution in [2.24, 2.45) is 5.92 Å². The topological polar surface area (TPSA) is 43.8 Å². The van der Waals surface area contributed by atoms with Crippen LogP contribution in [0.25, 0.3) is 0 Å². The number of amides is 2. The van der Waals surface area contributed by atoms with Crippen molar-refractivity contribution in [3.05, 3.63) is 0 Å². The maximum atomic E-state index is 12.1. The third kappa shape index (κ3) is 4.94. The summed E-state index contributed by atoms with van der Waals surface area (Å²) in [6.45, 7) is 5.07. The molecule has 1 aliphatic rings. The summed E-state index contributed by atoms with van der Waals surface area (Å²) in [4.78, 5) is 15.9. The number of carbonyl (C=O) groups excluding carboxylic acids is 1. The number of unbranched alkanes of at least 4 members (excludes halogenated alkanes) is 2. The fraction of sp³-hybridized carbons (Fsp3) is 0.923. The molecule has 0 saturated carbocycles. The van der Waals surface area contributed by atoms with Crippen molar-refractivity contribution in [3.63, 3.8) is 0 Å². The van der Waals surface area contributed by atoms with Crippen LogP contribution in [0.1, 0.15) is 39.0 Å². The molecule has 0 bridgehead atoms. The van der Waals surface area contributed by atoms with E-state index in [-0.39, 0.29) is 12.6 Å². The van der Waals surface area contributed by atoms with Crippen LogP contribution in [0.4, 0.5) is 4.79 Å². The minimum atomic E-state index is 0.167. The summed E-state index contributed by atoms with van der Waals surface area (Å²) in [6, 6.07) is 0.167. The first-order valence-corrected chi connectivity index (χ1v) is 6.76. The molecule has 1 atom stereocenters. The molecule has 100 valence electrons. The Balaban J connectivity index is 2.25. The van der Waals surface area contributed by atoms with Crippen LogP contribution in [-0.2, 0) is 0 Å². The highest BCUT2D eigenvalue weighted by molar-refractivity contribution is 5.74. The fourth-order valence-corrected chi connectivity index (χ4v) is 2.34. The minimum absolute atomic E-state index is 0.167. The molecule has 0 aromatic heterocycles. The molecule has 0 spiro atoms. The van der Waals surface area contributed by atoms with Gasteiger partial charge >= 0.3 is 6.03 Å². The second kappa shape index (κ2) is 7.54. The number of hydrogen-bond donors (Lipinski definition) is 1. The maximum Gasteiger partial charge on any atom is 0.319 e. The molecule has 1 saturated heterocycles. The number of aliphatic hydroxyl groups is 1. The molecule has 2 amide bonds. The minimum Gasteiger partial charge on any atom is -0.396 e. The summed E-state index contributed by atoms with van der Waals surface area (Å²) in [7, 11) is 1.88. The highest BCUT2D eigenvalue weighted by atomic mass is 16.2. The van der Waals surface area contributed by atoms with E-state index in [0.29, 0.717) is 5.92 Å². The normalized spacial score (nSPS) is 20.4. The Bertz CT molecular complexity index is 233. The summed E-state index contributed by atoms with van der Waals surface area (Å²) in [5.74, 6) is 0.635. The summed E-state index contributed by atoms with van der Waals surface area (Å²) in [5.41, 5.74) is 0. The van der Waals surface area contributed by atoms with Crippen LogP contribution in [0, 0.1) is 5.92 Å². The number of likely N-dealkylation sites (tertiary alicyclic amines) is 1. The third-order valence-electron chi connectivity index (χ3n) is 3.41. The Morgan fingerprint density at radius 1 is 1.41 bits per heavy atom. The summed E-state index contributed by atoms with van der Waals surface area (Å²) in [5, 5.41) is 8.68. The lowest BCUT2D eigenvalue weighted by atomic mass is 10.0. The Hall–Kier alpha value is -0.770. The molecule has 0 aromatic carbocycles. The van der Waals surface area contributed by atoms with Gasteiger partial charge in [0.05, 0.1) is 0 Å². The van der Waals surface area contributed by atoms with E-state index < -0.39 is 0 Å². The number of hydrogen-bond acceptors (Lipinski definition) is 2. The number of urea groups is 1. The lowest BCUT2D eigenvalue weighted by Gasteiger charge is -2.34. The molecule has 0 aliphatic carbocycles. The predicted octanol–water partition coefficient (Wildman–Crippen LogP) is 1.93. The molecule has 17 heavy (non-hydrogen) atoms. The van der Waals surface area contributed by atoms with Crippen molar-refractivity contribution < 1.29 is 9.90 Å². The van der Waals surface area contributed by atoms with Crippen molar-refractivity contribution in [2.45, 2.75) is 39.0 Å². The van der Waals surface area contributed by atoms with E-state index in [9.17, 15) is 4.79 Å². The van der Waals surface area contributed by atoms with Crippen LogP contribution < -0.4 is 0 Å². The zero-order chi connectivity index (χ0) is 12.7. The second-order valence-corrected chi connectivity index (χ2v) is 5.18. The molecular formula is C13H26N2O2. The smallest absolute Gasteiger partial charge is 0.319 e. The van der Waals surface area contributed by atoms with Gasteiger partial charge in [0.1, 0.15) is 0 Å². The van der Waals surface area contributed by atoms with E-state index in [2.05, 4.69) is 6.92 Å². The molecular weight excluding hydrogens is 216 g/mol. The molecule has 1 aliphatic heterocycles. The zero-order valence-corrected chi connectivity index (χ0v) is 11.2. The van der Waals surface area contributed by atoms with Gasteiger partial charge in [-0.05, 0) is 38.0 Å². The molecule has 0 aromatic rings. The van der Waals surface area contributed by atoms with E-state index in [1.165, 1.54) is 6.42 Å². The van der Waals surface area contributed by atoms with Crippen molar-refractivity contribution in [1.29, 1.82) is 0 Å². The average molecular weight is 242 g/mol. The largest absolute Gasteiger partial charge is 0.396 e. The number of rotatable bonds is 5. The predicted molar refractivity (Wildman–Crippen MR) is 68.9 cm³/mol. The quantitative estimate of drug-likeness (QED) is 0.749. The van der Waals surface area contributed by atoms with Crippen molar-refractivity contribution in [1.82, 2.24) is 9.80 Å². The number of piperidine rings is 1. The van der Waals surface area contributed by atoms with E-state index in [4.69, 9.17) is 5.11 Å². The van der Waals surface area contributed by atoms with Crippen molar-refractivity contribution in [2.75, 3.05) is 33.3 Å². The van der Waals surface area contributed by atoms with E-state index in [0.717, 1.165) is 45.3 Å². The van der Waals surface area contributed by atoms with E-state index >= 15 is 0 Å². The standard InChI is InChI=1S/C13H26N2O2/c1-12-7-6-9-15(11-12)13(17)14(2)8-4-3-5-10-16/h12,16H,3-11H2,1-2H3. The van der Waals surface area contributed by atoms with Gasteiger partial charge in [-0.3, -0.25) is 0 Å². The van der Waals surface area contributed by atoms with Gasteiger partial charge < -0.3 is 14.9 Å². The van der Waals surface area contributed by atoms with Gasteiger partial charge in [-0.15, -0.1) is 0 Å². The maximum absolute atomic E-state index is 12.1. The molecule has 1 unspecified atom stereocenters. The van der Waals surface area contributed by atoms with Gasteiger partial charge in [0, 0.05) is 33.3 Å². The van der Waals surface area contributed by atoms with Crippen LogP contribution in [0.3, 0.4) is 0 Å². The SMILES string of the molecule is CC1CCCN(C(=O)N(C)CCCCCO)C1. The molecule has 4 nitrogen and oxygen atoms in total. The summed E-state index contributed by atoms with van der Waals surface area (Å²) >= 11 is 0. The van der Waals surface area contributed by atoms with Gasteiger partial charge in [0.25, 0.3) is 0 Å². The fourth-order valence-electron chi connectivity index (χ4n) is 2.34. The first-order valence-electron chi connectivity index (χ1n) is 6.76. The Morgan fingerprint density at radius 2 is 2.18 bits per heavy atom. The van der Waals surface area contributed by atoms with E-state index in [1.54, 1.807) is 0 Å². The van der Waals surface area contributed by atoms with Gasteiger partial charge in [0.2, 0.25) is 0 Å². The van der Waals surface area contributed by atoms with Crippen molar-refractivity contribution in [3.8, 4) is 0 Å². The van der Waals surface area contributed by atoms with Gasteiger partial charge in [0.15, 0.2) is 0 Å². The lowest BCUT2D eigenvalue weighted by molar-refractivity contribution is 0.138. The van der Waals surface area contributed by atoms with Crippen LogP contribution in [-0.4, -0.2) is 54.2 Å². The summed E-state index contributed by atoms with van der Waals surface area (Å²) in [6.07, 6.45) is 5.18. The number of nitrogens with zero attached hydrogens (tertiary/aromatic N) is 2. The van der Waals surface area contributed by atoms with Gasteiger partial charge in [-0.25, -0.2) is 4.79 Å². The van der Waals surface area contributed by atoms with E-state index in [1.807, 2.05) is 16.8 Å². The second-order valence-electron chi connectivity index (χ2n) is 5.18. The third-order valence-corrected chi connectivity index (χ3v) is 3.41. The van der Waals surface area contributed by atoms with Gasteiger partial charge in [-0.1, -0.05) is 6.92 Å². The first kappa shape index (κ1) is 14.3. The zero-order valence-electron chi connectivity index (χ0n) is 11.2. The van der Waals surface area contributed by atoms with Crippen LogP contribution in [0.2, 0.25) is 0 Å². The monoisotopic (exact) mass is 242 g/mol. The van der Waals surface area contributed by atoms with Crippen molar-refractivity contribution >= 4 is 6.03 Å². The number of aliphatic hydroxyl groups excluding tert-OH is 1. The highest BCUT2D eigenvalue weighted by Crippen LogP contribution is 2.16. The first-order chi connectivity index (χ1) is 8.15.